The highest BCUT2D eigenvalue weighted by Gasteiger charge is 2.35. The highest BCUT2D eigenvalue weighted by molar-refractivity contribution is 7.93. The van der Waals surface area contributed by atoms with Crippen LogP contribution in [0.15, 0.2) is 42.5 Å². The van der Waals surface area contributed by atoms with Gasteiger partial charge in [0, 0.05) is 5.39 Å². The molecule has 0 unspecified atom stereocenters. The summed E-state index contributed by atoms with van der Waals surface area (Å²) >= 11 is 0. The largest absolute Gasteiger partial charge is 0.283 e. The maximum absolute atomic E-state index is 11.9. The van der Waals surface area contributed by atoms with Crippen molar-refractivity contribution in [3.8, 4) is 0 Å². The van der Waals surface area contributed by atoms with Crippen molar-refractivity contribution in [2.24, 2.45) is 0 Å². The van der Waals surface area contributed by atoms with E-state index in [9.17, 15) is 8.42 Å². The van der Waals surface area contributed by atoms with Gasteiger partial charge in [-0.3, -0.25) is 4.72 Å². The monoisotopic (exact) mass is 247 g/mol. The molecule has 4 heteroatoms. The van der Waals surface area contributed by atoms with E-state index in [1.54, 1.807) is 0 Å². The number of benzene rings is 2. The Morgan fingerprint density at radius 1 is 1.00 bits per heavy atom. The molecule has 0 atom stereocenters. The molecule has 0 amide bonds. The topological polar surface area (TPSA) is 46.2 Å². The maximum Gasteiger partial charge on any atom is 0.235 e. The fraction of sp³-hybridized carbons (Fsp3) is 0.231. The van der Waals surface area contributed by atoms with Crippen LogP contribution in [-0.4, -0.2) is 13.7 Å². The van der Waals surface area contributed by atoms with Gasteiger partial charge in [-0.15, -0.1) is 0 Å². The van der Waals surface area contributed by atoms with E-state index in [1.807, 2.05) is 42.5 Å². The number of fused-ring (bicyclic) bond motifs is 1. The number of anilines is 1. The van der Waals surface area contributed by atoms with Crippen molar-refractivity contribution in [3.63, 3.8) is 0 Å². The van der Waals surface area contributed by atoms with E-state index >= 15 is 0 Å². The molecule has 0 radical (unpaired) electrons. The highest BCUT2D eigenvalue weighted by atomic mass is 32.2. The van der Waals surface area contributed by atoms with E-state index in [4.69, 9.17) is 0 Å². The SMILES string of the molecule is O=S(=O)(Nc1cccc2ccccc12)C1CC1. The van der Waals surface area contributed by atoms with Gasteiger partial charge < -0.3 is 0 Å². The van der Waals surface area contributed by atoms with Crippen molar-refractivity contribution in [2.75, 3.05) is 4.72 Å². The number of rotatable bonds is 3. The molecule has 3 nitrogen and oxygen atoms in total. The van der Waals surface area contributed by atoms with E-state index < -0.39 is 10.0 Å². The molecule has 88 valence electrons. The third kappa shape index (κ3) is 2.00. The van der Waals surface area contributed by atoms with Crippen molar-refractivity contribution in [3.05, 3.63) is 42.5 Å². The van der Waals surface area contributed by atoms with E-state index in [0.29, 0.717) is 5.69 Å². The molecule has 17 heavy (non-hydrogen) atoms. The fourth-order valence-electron chi connectivity index (χ4n) is 1.93. The summed E-state index contributed by atoms with van der Waals surface area (Å²) in [5.41, 5.74) is 0.676. The van der Waals surface area contributed by atoms with Crippen LogP contribution in [0.5, 0.6) is 0 Å². The van der Waals surface area contributed by atoms with Crippen molar-refractivity contribution in [1.29, 1.82) is 0 Å². The summed E-state index contributed by atoms with van der Waals surface area (Å²) in [6, 6.07) is 13.4. The third-order valence-electron chi connectivity index (χ3n) is 3.01. The van der Waals surface area contributed by atoms with Crippen LogP contribution in [0.1, 0.15) is 12.8 Å². The summed E-state index contributed by atoms with van der Waals surface area (Å²) in [5.74, 6) is 0. The first-order chi connectivity index (χ1) is 8.17. The van der Waals surface area contributed by atoms with Gasteiger partial charge in [0.2, 0.25) is 10.0 Å². The fourth-order valence-corrected chi connectivity index (χ4v) is 3.34. The average Bonchev–Trinajstić information content (AvgIpc) is 3.13. The molecule has 1 N–H and O–H groups in total. The zero-order valence-electron chi connectivity index (χ0n) is 9.26. The Bertz CT molecular complexity index is 655. The van der Waals surface area contributed by atoms with Crippen LogP contribution in [-0.2, 0) is 10.0 Å². The lowest BCUT2D eigenvalue weighted by atomic mass is 10.1. The zero-order chi connectivity index (χ0) is 11.9. The first-order valence-corrected chi connectivity index (χ1v) is 7.21. The van der Waals surface area contributed by atoms with Crippen LogP contribution in [0.2, 0.25) is 0 Å². The molecule has 1 fully saturated rings. The summed E-state index contributed by atoms with van der Waals surface area (Å²) in [6.07, 6.45) is 1.56. The number of nitrogens with one attached hydrogen (secondary N) is 1. The van der Waals surface area contributed by atoms with Crippen molar-refractivity contribution >= 4 is 26.5 Å². The van der Waals surface area contributed by atoms with Crippen LogP contribution in [0.4, 0.5) is 5.69 Å². The zero-order valence-corrected chi connectivity index (χ0v) is 10.1. The Labute approximate surface area is 101 Å². The van der Waals surface area contributed by atoms with Gasteiger partial charge in [-0.05, 0) is 24.3 Å². The standard InChI is InChI=1S/C13H13NO2S/c15-17(16,11-8-9-11)14-13-7-3-5-10-4-1-2-6-12(10)13/h1-7,11,14H,8-9H2. The molecule has 0 aliphatic heterocycles. The Kier molecular flexibility index (Phi) is 2.33. The van der Waals surface area contributed by atoms with Gasteiger partial charge in [-0.25, -0.2) is 8.42 Å². The second-order valence-corrected chi connectivity index (χ2v) is 6.33. The first-order valence-electron chi connectivity index (χ1n) is 5.66. The van der Waals surface area contributed by atoms with Crippen molar-refractivity contribution in [2.45, 2.75) is 18.1 Å². The Morgan fingerprint density at radius 3 is 2.47 bits per heavy atom. The van der Waals surface area contributed by atoms with Gasteiger partial charge in [0.15, 0.2) is 0 Å². The van der Waals surface area contributed by atoms with Crippen LogP contribution >= 0.6 is 0 Å². The van der Waals surface area contributed by atoms with E-state index in [-0.39, 0.29) is 5.25 Å². The Balaban J connectivity index is 2.06. The highest BCUT2D eigenvalue weighted by Crippen LogP contribution is 2.31. The maximum atomic E-state index is 11.9. The minimum absolute atomic E-state index is 0.193. The van der Waals surface area contributed by atoms with Gasteiger partial charge in [0.05, 0.1) is 10.9 Å². The molecule has 1 aliphatic carbocycles. The smallest absolute Gasteiger partial charge is 0.235 e. The second-order valence-electron chi connectivity index (χ2n) is 4.37. The molecule has 1 aliphatic rings. The van der Waals surface area contributed by atoms with Crippen molar-refractivity contribution < 1.29 is 8.42 Å². The van der Waals surface area contributed by atoms with Crippen LogP contribution in [0.3, 0.4) is 0 Å². The lowest BCUT2D eigenvalue weighted by molar-refractivity contribution is 0.600. The number of hydrogen-bond donors (Lipinski definition) is 1. The third-order valence-corrected chi connectivity index (χ3v) is 4.86. The molecule has 0 spiro atoms. The minimum atomic E-state index is -3.18. The quantitative estimate of drug-likeness (QED) is 0.906. The van der Waals surface area contributed by atoms with Crippen LogP contribution in [0.25, 0.3) is 10.8 Å². The predicted molar refractivity (Wildman–Crippen MR) is 69.5 cm³/mol. The van der Waals surface area contributed by atoms with E-state index in [2.05, 4.69) is 4.72 Å². The summed E-state index contributed by atoms with van der Waals surface area (Å²) < 4.78 is 26.5. The summed E-state index contributed by atoms with van der Waals surface area (Å²) in [4.78, 5) is 0. The van der Waals surface area contributed by atoms with Crippen molar-refractivity contribution in [1.82, 2.24) is 0 Å². The summed E-state index contributed by atoms with van der Waals surface area (Å²) in [5, 5.41) is 1.80. The molecule has 0 saturated heterocycles. The molecular weight excluding hydrogens is 234 g/mol. The normalized spacial score (nSPS) is 16.0. The number of hydrogen-bond acceptors (Lipinski definition) is 2. The van der Waals surface area contributed by atoms with E-state index in [1.165, 1.54) is 0 Å². The van der Waals surface area contributed by atoms with Gasteiger partial charge in [0.25, 0.3) is 0 Å². The molecule has 1 saturated carbocycles. The summed E-state index contributed by atoms with van der Waals surface area (Å²) in [6.45, 7) is 0. The van der Waals surface area contributed by atoms with Crippen LogP contribution in [0, 0.1) is 0 Å². The Morgan fingerprint density at radius 2 is 1.71 bits per heavy atom. The molecule has 2 aromatic carbocycles. The minimum Gasteiger partial charge on any atom is -0.283 e. The van der Waals surface area contributed by atoms with Gasteiger partial charge in [-0.2, -0.15) is 0 Å². The molecule has 0 aromatic heterocycles. The molecule has 2 aromatic rings. The van der Waals surface area contributed by atoms with Gasteiger partial charge >= 0.3 is 0 Å². The van der Waals surface area contributed by atoms with Crippen LogP contribution < -0.4 is 4.72 Å². The molecule has 0 heterocycles. The molecule has 3 rings (SSSR count). The predicted octanol–water partition coefficient (Wildman–Crippen LogP) is 2.74. The summed E-state index contributed by atoms with van der Waals surface area (Å²) in [7, 11) is -3.18. The average molecular weight is 247 g/mol. The lowest BCUT2D eigenvalue weighted by Crippen LogP contribution is -2.17. The van der Waals surface area contributed by atoms with E-state index in [0.717, 1.165) is 23.6 Å². The first kappa shape index (κ1) is 10.6. The Hall–Kier alpha value is -1.55. The second kappa shape index (κ2) is 3.74. The van der Waals surface area contributed by atoms with Gasteiger partial charge in [0.1, 0.15) is 0 Å². The lowest BCUT2D eigenvalue weighted by Gasteiger charge is -2.09. The number of sulfonamides is 1. The molecular formula is C13H13NO2S. The van der Waals surface area contributed by atoms with Gasteiger partial charge in [-0.1, -0.05) is 36.4 Å². The molecule has 0 bridgehead atoms.